The van der Waals surface area contributed by atoms with Crippen LogP contribution in [0.3, 0.4) is 0 Å². The van der Waals surface area contributed by atoms with Gasteiger partial charge in [0.15, 0.2) is 11.4 Å². The first kappa shape index (κ1) is 20.2. The van der Waals surface area contributed by atoms with Crippen molar-refractivity contribution in [1.29, 1.82) is 0 Å². The Bertz CT molecular complexity index is 1030. The summed E-state index contributed by atoms with van der Waals surface area (Å²) in [4.78, 5) is 22.3. The maximum atomic E-state index is 13.4. The molecule has 1 saturated heterocycles. The third-order valence-corrected chi connectivity index (χ3v) is 5.58. The van der Waals surface area contributed by atoms with Crippen molar-refractivity contribution in [3.05, 3.63) is 71.7 Å². The molecule has 1 aromatic carbocycles. The molecule has 6 nitrogen and oxygen atoms in total. The van der Waals surface area contributed by atoms with E-state index in [2.05, 4.69) is 34.2 Å². The van der Waals surface area contributed by atoms with E-state index < -0.39 is 0 Å². The number of nitrogens with zero attached hydrogens (tertiary/aromatic N) is 4. The molecule has 0 radical (unpaired) electrons. The average molecular weight is 405 g/mol. The molecule has 2 aromatic heterocycles. The molecule has 156 valence electrons. The number of aryl methyl sites for hydroxylation is 1. The van der Waals surface area contributed by atoms with Crippen LogP contribution in [0, 0.1) is 0 Å². The molecular weight excluding hydrogens is 376 g/mol. The van der Waals surface area contributed by atoms with Crippen molar-refractivity contribution in [3.63, 3.8) is 0 Å². The summed E-state index contributed by atoms with van der Waals surface area (Å²) in [5.74, 6) is 0.730. The first-order valence-corrected chi connectivity index (χ1v) is 10.5. The summed E-state index contributed by atoms with van der Waals surface area (Å²) < 4.78 is 7.30. The summed E-state index contributed by atoms with van der Waals surface area (Å²) in [7, 11) is 1.63. The highest BCUT2D eigenvalue weighted by Crippen LogP contribution is 2.23. The molecule has 0 spiro atoms. The average Bonchev–Trinajstić information content (AvgIpc) is 3.18. The number of hydrogen-bond acceptors (Lipinski definition) is 4. The van der Waals surface area contributed by atoms with Crippen molar-refractivity contribution in [3.8, 4) is 5.75 Å². The van der Waals surface area contributed by atoms with Crippen LogP contribution in [0.15, 0.2) is 54.7 Å². The summed E-state index contributed by atoms with van der Waals surface area (Å²) in [6, 6.07) is 14.1. The van der Waals surface area contributed by atoms with Crippen molar-refractivity contribution in [1.82, 2.24) is 19.2 Å². The fourth-order valence-corrected chi connectivity index (χ4v) is 3.91. The zero-order valence-corrected chi connectivity index (χ0v) is 17.6. The van der Waals surface area contributed by atoms with Gasteiger partial charge in [0.25, 0.3) is 5.91 Å². The SMILES string of the molecule is CCc1nc2c(OC)cccn2c1C(=O)N1CCN(C/C=C/c2ccccc2)CC1. The Morgan fingerprint density at radius 1 is 1.10 bits per heavy atom. The molecule has 0 aliphatic carbocycles. The lowest BCUT2D eigenvalue weighted by Gasteiger charge is -2.34. The number of benzene rings is 1. The van der Waals surface area contributed by atoms with Crippen LogP contribution in [0.25, 0.3) is 11.7 Å². The van der Waals surface area contributed by atoms with E-state index in [1.165, 1.54) is 5.56 Å². The predicted octanol–water partition coefficient (Wildman–Crippen LogP) is 3.38. The largest absolute Gasteiger partial charge is 0.493 e. The van der Waals surface area contributed by atoms with Gasteiger partial charge in [-0.15, -0.1) is 0 Å². The third-order valence-electron chi connectivity index (χ3n) is 5.58. The van der Waals surface area contributed by atoms with Gasteiger partial charge in [-0.25, -0.2) is 4.98 Å². The number of rotatable bonds is 6. The minimum absolute atomic E-state index is 0.0482. The lowest BCUT2D eigenvalue weighted by atomic mass is 10.2. The Labute approximate surface area is 177 Å². The first-order valence-electron chi connectivity index (χ1n) is 10.5. The van der Waals surface area contributed by atoms with Crippen molar-refractivity contribution < 1.29 is 9.53 Å². The van der Waals surface area contributed by atoms with E-state index in [0.717, 1.165) is 38.4 Å². The van der Waals surface area contributed by atoms with E-state index in [1.807, 2.05) is 52.8 Å². The van der Waals surface area contributed by atoms with Gasteiger partial charge in [0.2, 0.25) is 0 Å². The van der Waals surface area contributed by atoms with Crippen molar-refractivity contribution in [2.45, 2.75) is 13.3 Å². The highest BCUT2D eigenvalue weighted by Gasteiger charge is 2.27. The van der Waals surface area contributed by atoms with E-state index in [0.29, 0.717) is 23.5 Å². The molecule has 1 amide bonds. The van der Waals surface area contributed by atoms with Gasteiger partial charge in [0.1, 0.15) is 5.69 Å². The van der Waals surface area contributed by atoms with Gasteiger partial charge in [-0.3, -0.25) is 14.1 Å². The van der Waals surface area contributed by atoms with Crippen LogP contribution in [0.2, 0.25) is 0 Å². The fraction of sp³-hybridized carbons (Fsp3) is 0.333. The third kappa shape index (κ3) is 4.09. The Morgan fingerprint density at radius 2 is 1.87 bits per heavy atom. The quantitative estimate of drug-likeness (QED) is 0.632. The molecular formula is C24H28N4O2. The van der Waals surface area contributed by atoms with Gasteiger partial charge in [0, 0.05) is 38.9 Å². The number of aromatic nitrogens is 2. The van der Waals surface area contributed by atoms with E-state index >= 15 is 0 Å². The summed E-state index contributed by atoms with van der Waals surface area (Å²) in [5.41, 5.74) is 3.38. The number of hydrogen-bond donors (Lipinski definition) is 0. The highest BCUT2D eigenvalue weighted by atomic mass is 16.5. The highest BCUT2D eigenvalue weighted by molar-refractivity contribution is 5.95. The monoisotopic (exact) mass is 404 g/mol. The number of amides is 1. The summed E-state index contributed by atoms with van der Waals surface area (Å²) in [6.45, 7) is 6.10. The minimum atomic E-state index is 0.0482. The number of fused-ring (bicyclic) bond motifs is 1. The standard InChI is InChI=1S/C24H28N4O2/c1-3-20-22(28-14-8-12-21(30-2)23(28)25-20)24(29)27-17-15-26(16-18-27)13-7-11-19-9-5-4-6-10-19/h4-12,14H,3,13,15-18H2,1-2H3/b11-7+. The zero-order valence-electron chi connectivity index (χ0n) is 17.6. The van der Waals surface area contributed by atoms with Gasteiger partial charge in [-0.05, 0) is 24.1 Å². The molecule has 6 heteroatoms. The fourth-order valence-electron chi connectivity index (χ4n) is 3.91. The molecule has 0 saturated carbocycles. The second kappa shape index (κ2) is 9.13. The molecule has 30 heavy (non-hydrogen) atoms. The molecule has 3 aromatic rings. The molecule has 0 unspecified atom stereocenters. The van der Waals surface area contributed by atoms with E-state index in [9.17, 15) is 4.79 Å². The lowest BCUT2D eigenvalue weighted by molar-refractivity contribution is 0.0642. The molecule has 0 atom stereocenters. The number of piperazine rings is 1. The molecule has 1 aliphatic rings. The zero-order chi connectivity index (χ0) is 20.9. The van der Waals surface area contributed by atoms with Gasteiger partial charge in [-0.1, -0.05) is 49.4 Å². The number of carbonyl (C=O) groups excluding carboxylic acids is 1. The number of pyridine rings is 1. The van der Waals surface area contributed by atoms with Gasteiger partial charge in [0.05, 0.1) is 12.8 Å². The molecule has 0 N–H and O–H groups in total. The van der Waals surface area contributed by atoms with Crippen molar-refractivity contribution in [2.24, 2.45) is 0 Å². The smallest absolute Gasteiger partial charge is 0.272 e. The van der Waals surface area contributed by atoms with Crippen LogP contribution in [0.4, 0.5) is 0 Å². The van der Waals surface area contributed by atoms with Gasteiger partial charge in [-0.2, -0.15) is 0 Å². The maximum absolute atomic E-state index is 13.4. The van der Waals surface area contributed by atoms with Crippen molar-refractivity contribution >= 4 is 17.6 Å². The number of imidazole rings is 1. The Kier molecular flexibility index (Phi) is 6.14. The molecule has 0 bridgehead atoms. The Morgan fingerprint density at radius 3 is 2.57 bits per heavy atom. The maximum Gasteiger partial charge on any atom is 0.272 e. The van der Waals surface area contributed by atoms with Gasteiger partial charge < -0.3 is 9.64 Å². The second-order valence-corrected chi connectivity index (χ2v) is 7.44. The Hall–Kier alpha value is -3.12. The molecule has 3 heterocycles. The Balaban J connectivity index is 1.43. The van der Waals surface area contributed by atoms with E-state index in [1.54, 1.807) is 7.11 Å². The van der Waals surface area contributed by atoms with Gasteiger partial charge >= 0.3 is 0 Å². The van der Waals surface area contributed by atoms with Crippen LogP contribution in [-0.4, -0.2) is 64.9 Å². The lowest BCUT2D eigenvalue weighted by Crippen LogP contribution is -2.49. The predicted molar refractivity (Wildman–Crippen MR) is 119 cm³/mol. The summed E-state index contributed by atoms with van der Waals surface area (Å²) in [6.07, 6.45) is 6.94. The minimum Gasteiger partial charge on any atom is -0.493 e. The first-order chi connectivity index (χ1) is 14.7. The molecule has 1 aliphatic heterocycles. The van der Waals surface area contributed by atoms with Crippen LogP contribution >= 0.6 is 0 Å². The normalized spacial score (nSPS) is 15.2. The van der Waals surface area contributed by atoms with Crippen LogP contribution < -0.4 is 4.74 Å². The van der Waals surface area contributed by atoms with E-state index in [4.69, 9.17) is 4.74 Å². The van der Waals surface area contributed by atoms with E-state index in [-0.39, 0.29) is 5.91 Å². The second-order valence-electron chi connectivity index (χ2n) is 7.44. The van der Waals surface area contributed by atoms with Crippen LogP contribution in [0.1, 0.15) is 28.7 Å². The molecule has 4 rings (SSSR count). The summed E-state index contributed by atoms with van der Waals surface area (Å²) in [5, 5.41) is 0. The number of carbonyl (C=O) groups is 1. The summed E-state index contributed by atoms with van der Waals surface area (Å²) >= 11 is 0. The van der Waals surface area contributed by atoms with Crippen molar-refractivity contribution in [2.75, 3.05) is 39.8 Å². The molecule has 1 fully saturated rings. The number of methoxy groups -OCH3 is 1. The van der Waals surface area contributed by atoms with Crippen LogP contribution in [0.5, 0.6) is 5.75 Å². The topological polar surface area (TPSA) is 50.1 Å². The number of ether oxygens (including phenoxy) is 1. The van der Waals surface area contributed by atoms with Crippen LogP contribution in [-0.2, 0) is 6.42 Å².